The maximum Gasteiger partial charge on any atom is 0.124 e. The van der Waals surface area contributed by atoms with Gasteiger partial charge in [0, 0.05) is 16.6 Å². The lowest BCUT2D eigenvalue weighted by molar-refractivity contribution is -0.0327. The molecule has 1 aliphatic rings. The number of halogens is 1. The van der Waals surface area contributed by atoms with Gasteiger partial charge in [-0.1, -0.05) is 11.6 Å². The van der Waals surface area contributed by atoms with Gasteiger partial charge in [0.2, 0.25) is 0 Å². The smallest absolute Gasteiger partial charge is 0.124 e. The highest BCUT2D eigenvalue weighted by Gasteiger charge is 2.32. The van der Waals surface area contributed by atoms with Crippen molar-refractivity contribution in [3.05, 3.63) is 28.8 Å². The largest absolute Gasteiger partial charge is 0.491 e. The van der Waals surface area contributed by atoms with Crippen LogP contribution in [-0.2, 0) is 4.74 Å². The number of hydrogen-bond acceptors (Lipinski definition) is 3. The van der Waals surface area contributed by atoms with Crippen molar-refractivity contribution in [3.8, 4) is 5.75 Å². The Hall–Kier alpha value is -0.770. The Morgan fingerprint density at radius 2 is 2.26 bits per heavy atom. The molecule has 0 aromatic heterocycles. The predicted octanol–water partition coefficient (Wildman–Crippen LogP) is 3.70. The number of ether oxygens (including phenoxy) is 2. The standard InChI is InChI=1S/C15H22ClNO2/c1-10(17)13-8-11(16)4-5-14(13)18-9-12-6-7-15(2,3)19-12/h4-5,8,10,12H,6-7,9,17H2,1-3H3/t10-,12?/m0/s1. The molecule has 1 aromatic rings. The van der Waals surface area contributed by atoms with Crippen molar-refractivity contribution in [2.75, 3.05) is 6.61 Å². The highest BCUT2D eigenvalue weighted by Crippen LogP contribution is 2.31. The SMILES string of the molecule is C[C@H](N)c1cc(Cl)ccc1OCC1CCC(C)(C)O1. The van der Waals surface area contributed by atoms with Crippen LogP contribution in [-0.4, -0.2) is 18.3 Å². The van der Waals surface area contributed by atoms with Gasteiger partial charge in [-0.05, 0) is 51.8 Å². The van der Waals surface area contributed by atoms with Gasteiger partial charge in [0.25, 0.3) is 0 Å². The van der Waals surface area contributed by atoms with Crippen LogP contribution in [0.15, 0.2) is 18.2 Å². The summed E-state index contributed by atoms with van der Waals surface area (Å²) < 4.78 is 11.8. The van der Waals surface area contributed by atoms with Crippen LogP contribution in [0.4, 0.5) is 0 Å². The maximum absolute atomic E-state index is 5.99. The van der Waals surface area contributed by atoms with Crippen LogP contribution in [0.5, 0.6) is 5.75 Å². The number of hydrogen-bond donors (Lipinski definition) is 1. The van der Waals surface area contributed by atoms with E-state index in [1.807, 2.05) is 25.1 Å². The van der Waals surface area contributed by atoms with Crippen LogP contribution in [0.2, 0.25) is 5.02 Å². The first kappa shape index (κ1) is 14.6. The van der Waals surface area contributed by atoms with E-state index in [2.05, 4.69) is 13.8 Å². The van der Waals surface area contributed by atoms with Crippen LogP contribution in [0.25, 0.3) is 0 Å². The number of rotatable bonds is 4. The Morgan fingerprint density at radius 1 is 1.53 bits per heavy atom. The predicted molar refractivity (Wildman–Crippen MR) is 77.7 cm³/mol. The Kier molecular flexibility index (Phi) is 4.39. The molecule has 106 valence electrons. The summed E-state index contributed by atoms with van der Waals surface area (Å²) in [7, 11) is 0. The summed E-state index contributed by atoms with van der Waals surface area (Å²) in [5.74, 6) is 0.799. The lowest BCUT2D eigenvalue weighted by Crippen LogP contribution is -2.24. The summed E-state index contributed by atoms with van der Waals surface area (Å²) in [6.07, 6.45) is 2.27. The molecule has 0 radical (unpaired) electrons. The van der Waals surface area contributed by atoms with Crippen molar-refractivity contribution in [2.45, 2.75) is 51.4 Å². The van der Waals surface area contributed by atoms with E-state index < -0.39 is 0 Å². The molecule has 1 unspecified atom stereocenters. The second-order valence-electron chi connectivity index (χ2n) is 5.82. The van der Waals surface area contributed by atoms with Gasteiger partial charge < -0.3 is 15.2 Å². The Labute approximate surface area is 120 Å². The second-order valence-corrected chi connectivity index (χ2v) is 6.26. The Balaban J connectivity index is 2.00. The van der Waals surface area contributed by atoms with Crippen LogP contribution < -0.4 is 10.5 Å². The van der Waals surface area contributed by atoms with Gasteiger partial charge in [0.05, 0.1) is 11.7 Å². The molecule has 0 aliphatic carbocycles. The Bertz CT molecular complexity index is 446. The number of nitrogens with two attached hydrogens (primary N) is 1. The van der Waals surface area contributed by atoms with Crippen molar-refractivity contribution in [2.24, 2.45) is 5.73 Å². The molecule has 0 spiro atoms. The third-order valence-corrected chi connectivity index (χ3v) is 3.68. The first-order valence-corrected chi connectivity index (χ1v) is 7.11. The summed E-state index contributed by atoms with van der Waals surface area (Å²) >= 11 is 5.99. The van der Waals surface area contributed by atoms with E-state index in [1.54, 1.807) is 0 Å². The zero-order chi connectivity index (χ0) is 14.0. The van der Waals surface area contributed by atoms with Crippen molar-refractivity contribution in [3.63, 3.8) is 0 Å². The van der Waals surface area contributed by atoms with Gasteiger partial charge in [0.15, 0.2) is 0 Å². The fourth-order valence-corrected chi connectivity index (χ4v) is 2.56. The Morgan fingerprint density at radius 3 is 2.84 bits per heavy atom. The molecule has 1 fully saturated rings. The van der Waals surface area contributed by atoms with Crippen LogP contribution in [0.1, 0.15) is 45.2 Å². The van der Waals surface area contributed by atoms with Gasteiger partial charge >= 0.3 is 0 Å². The molecule has 2 atom stereocenters. The molecule has 3 nitrogen and oxygen atoms in total. The molecule has 19 heavy (non-hydrogen) atoms. The van der Waals surface area contributed by atoms with E-state index >= 15 is 0 Å². The monoisotopic (exact) mass is 283 g/mol. The molecule has 2 N–H and O–H groups in total. The van der Waals surface area contributed by atoms with Crippen molar-refractivity contribution in [1.82, 2.24) is 0 Å². The first-order valence-electron chi connectivity index (χ1n) is 6.73. The van der Waals surface area contributed by atoms with Gasteiger partial charge in [-0.15, -0.1) is 0 Å². The van der Waals surface area contributed by atoms with E-state index in [9.17, 15) is 0 Å². The minimum absolute atomic E-state index is 0.0298. The van der Waals surface area contributed by atoms with E-state index in [-0.39, 0.29) is 17.7 Å². The van der Waals surface area contributed by atoms with Crippen molar-refractivity contribution >= 4 is 11.6 Å². The molecule has 1 aromatic carbocycles. The summed E-state index contributed by atoms with van der Waals surface area (Å²) in [6, 6.07) is 5.46. The zero-order valence-corrected chi connectivity index (χ0v) is 12.5. The topological polar surface area (TPSA) is 44.5 Å². The molecule has 0 amide bonds. The molecule has 1 heterocycles. The fourth-order valence-electron chi connectivity index (χ4n) is 2.38. The lowest BCUT2D eigenvalue weighted by atomic mass is 10.1. The summed E-state index contributed by atoms with van der Waals surface area (Å²) in [6.45, 7) is 6.71. The van der Waals surface area contributed by atoms with Gasteiger partial charge in [0.1, 0.15) is 12.4 Å². The number of benzene rings is 1. The molecular weight excluding hydrogens is 262 g/mol. The van der Waals surface area contributed by atoms with E-state index in [1.165, 1.54) is 0 Å². The minimum atomic E-state index is -0.102. The third kappa shape index (κ3) is 3.85. The van der Waals surface area contributed by atoms with Gasteiger partial charge in [-0.25, -0.2) is 0 Å². The molecule has 4 heteroatoms. The molecule has 0 saturated carbocycles. The van der Waals surface area contributed by atoms with E-state index in [4.69, 9.17) is 26.8 Å². The first-order chi connectivity index (χ1) is 8.87. The van der Waals surface area contributed by atoms with Crippen LogP contribution in [0.3, 0.4) is 0 Å². The molecule has 2 rings (SSSR count). The van der Waals surface area contributed by atoms with Gasteiger partial charge in [-0.3, -0.25) is 0 Å². The zero-order valence-electron chi connectivity index (χ0n) is 11.8. The normalized spacial score (nSPS) is 23.3. The van der Waals surface area contributed by atoms with E-state index in [0.29, 0.717) is 11.6 Å². The van der Waals surface area contributed by atoms with Crippen LogP contribution in [0, 0.1) is 0 Å². The van der Waals surface area contributed by atoms with Crippen molar-refractivity contribution in [1.29, 1.82) is 0 Å². The summed E-state index contributed by atoms with van der Waals surface area (Å²) in [5.41, 5.74) is 6.85. The highest BCUT2D eigenvalue weighted by atomic mass is 35.5. The molecule has 1 saturated heterocycles. The van der Waals surface area contributed by atoms with Gasteiger partial charge in [-0.2, -0.15) is 0 Å². The minimum Gasteiger partial charge on any atom is -0.491 e. The average molecular weight is 284 g/mol. The summed E-state index contributed by atoms with van der Waals surface area (Å²) in [4.78, 5) is 0. The maximum atomic E-state index is 5.99. The average Bonchev–Trinajstić information content (AvgIpc) is 2.67. The summed E-state index contributed by atoms with van der Waals surface area (Å²) in [5, 5.41) is 0.679. The lowest BCUT2D eigenvalue weighted by Gasteiger charge is -2.20. The quantitative estimate of drug-likeness (QED) is 0.916. The molecular formula is C15H22ClNO2. The van der Waals surface area contributed by atoms with Crippen molar-refractivity contribution < 1.29 is 9.47 Å². The highest BCUT2D eigenvalue weighted by molar-refractivity contribution is 6.30. The second kappa shape index (κ2) is 5.70. The third-order valence-electron chi connectivity index (χ3n) is 3.44. The molecule has 1 aliphatic heterocycles. The molecule has 0 bridgehead atoms. The van der Waals surface area contributed by atoms with E-state index in [0.717, 1.165) is 24.2 Å². The van der Waals surface area contributed by atoms with Crippen LogP contribution >= 0.6 is 11.6 Å². The fraction of sp³-hybridized carbons (Fsp3) is 0.600.